The van der Waals surface area contributed by atoms with E-state index in [0.717, 1.165) is 19.4 Å². The van der Waals surface area contributed by atoms with Crippen molar-refractivity contribution in [2.24, 2.45) is 0 Å². The molecule has 0 amide bonds. The summed E-state index contributed by atoms with van der Waals surface area (Å²) in [6.07, 6.45) is 8.41. The van der Waals surface area contributed by atoms with Crippen LogP contribution in [0.3, 0.4) is 0 Å². The summed E-state index contributed by atoms with van der Waals surface area (Å²) in [5.41, 5.74) is 2.71. The first-order chi connectivity index (χ1) is 8.86. The second kappa shape index (κ2) is 5.37. The van der Waals surface area contributed by atoms with Gasteiger partial charge in [0.2, 0.25) is 0 Å². The number of rotatable bonds is 4. The van der Waals surface area contributed by atoms with Crippen molar-refractivity contribution in [3.05, 3.63) is 29.6 Å². The summed E-state index contributed by atoms with van der Waals surface area (Å²) in [4.78, 5) is 4.57. The van der Waals surface area contributed by atoms with Gasteiger partial charge >= 0.3 is 0 Å². The van der Waals surface area contributed by atoms with Gasteiger partial charge in [-0.1, -0.05) is 6.07 Å². The number of aromatic nitrogens is 1. The highest BCUT2D eigenvalue weighted by molar-refractivity contribution is 5.25. The van der Waals surface area contributed by atoms with Crippen LogP contribution in [-0.4, -0.2) is 23.7 Å². The predicted molar refractivity (Wildman–Crippen MR) is 71.5 cm³/mol. The second-order valence-corrected chi connectivity index (χ2v) is 5.40. The number of hydrogen-bond donors (Lipinski definition) is 1. The maximum absolute atomic E-state index is 5.61. The quantitative estimate of drug-likeness (QED) is 0.886. The lowest BCUT2D eigenvalue weighted by Gasteiger charge is -2.39. The number of fused-ring (bicyclic) bond motifs is 1. The first-order valence-electron chi connectivity index (χ1n) is 7.18. The van der Waals surface area contributed by atoms with Gasteiger partial charge in [0.15, 0.2) is 0 Å². The zero-order valence-corrected chi connectivity index (χ0v) is 11.1. The van der Waals surface area contributed by atoms with Gasteiger partial charge in [-0.05, 0) is 50.7 Å². The third-order valence-corrected chi connectivity index (χ3v) is 4.13. The lowest BCUT2D eigenvalue weighted by Crippen LogP contribution is -2.47. The van der Waals surface area contributed by atoms with E-state index >= 15 is 0 Å². The van der Waals surface area contributed by atoms with Crippen LogP contribution in [0.15, 0.2) is 18.3 Å². The fraction of sp³-hybridized carbons (Fsp3) is 0.667. The van der Waals surface area contributed by atoms with Crippen molar-refractivity contribution in [1.82, 2.24) is 10.3 Å². The maximum atomic E-state index is 5.61. The Morgan fingerprint density at radius 2 is 2.33 bits per heavy atom. The second-order valence-electron chi connectivity index (χ2n) is 5.40. The molecule has 2 aliphatic carbocycles. The Bertz CT molecular complexity index is 401. The summed E-state index contributed by atoms with van der Waals surface area (Å²) in [6.45, 7) is 2.91. The molecule has 1 aromatic heterocycles. The number of hydrogen-bond acceptors (Lipinski definition) is 3. The molecule has 0 spiro atoms. The molecule has 2 aliphatic rings. The Hall–Kier alpha value is -0.930. The van der Waals surface area contributed by atoms with Crippen LogP contribution < -0.4 is 5.32 Å². The molecule has 0 aromatic carbocycles. The Morgan fingerprint density at radius 3 is 3.17 bits per heavy atom. The molecular formula is C15H22N2O. The molecule has 1 atom stereocenters. The van der Waals surface area contributed by atoms with E-state index in [1.165, 1.54) is 30.5 Å². The van der Waals surface area contributed by atoms with Crippen LogP contribution in [0.4, 0.5) is 0 Å². The van der Waals surface area contributed by atoms with Crippen LogP contribution in [0.5, 0.6) is 0 Å². The number of ether oxygens (including phenoxy) is 1. The highest BCUT2D eigenvalue weighted by Crippen LogP contribution is 2.31. The van der Waals surface area contributed by atoms with Gasteiger partial charge in [0.25, 0.3) is 0 Å². The zero-order valence-electron chi connectivity index (χ0n) is 11.1. The van der Waals surface area contributed by atoms with Gasteiger partial charge in [-0.25, -0.2) is 0 Å². The van der Waals surface area contributed by atoms with Crippen LogP contribution in [0.2, 0.25) is 0 Å². The predicted octanol–water partition coefficient (Wildman–Crippen LogP) is 2.62. The fourth-order valence-corrected chi connectivity index (χ4v) is 3.13. The Kier molecular flexibility index (Phi) is 3.62. The van der Waals surface area contributed by atoms with Crippen LogP contribution in [0.1, 0.15) is 49.9 Å². The molecule has 3 rings (SSSR count). The summed E-state index contributed by atoms with van der Waals surface area (Å²) in [5, 5.41) is 3.76. The van der Waals surface area contributed by atoms with E-state index in [4.69, 9.17) is 4.74 Å². The monoisotopic (exact) mass is 246 g/mol. The molecule has 0 saturated heterocycles. The third-order valence-electron chi connectivity index (χ3n) is 4.13. The lowest BCUT2D eigenvalue weighted by atomic mass is 9.85. The summed E-state index contributed by atoms with van der Waals surface area (Å²) in [5.74, 6) is 0. The molecule has 1 fully saturated rings. The number of nitrogens with one attached hydrogen (secondary N) is 1. The van der Waals surface area contributed by atoms with Crippen molar-refractivity contribution in [3.63, 3.8) is 0 Å². The van der Waals surface area contributed by atoms with E-state index in [-0.39, 0.29) is 0 Å². The molecule has 1 N–H and O–H groups in total. The summed E-state index contributed by atoms with van der Waals surface area (Å²) < 4.78 is 5.61. The van der Waals surface area contributed by atoms with Gasteiger partial charge in [-0.3, -0.25) is 4.98 Å². The van der Waals surface area contributed by atoms with Gasteiger partial charge in [0, 0.05) is 24.9 Å². The van der Waals surface area contributed by atoms with E-state index in [9.17, 15) is 0 Å². The van der Waals surface area contributed by atoms with E-state index in [2.05, 4.69) is 29.4 Å². The fourth-order valence-electron chi connectivity index (χ4n) is 3.13. The van der Waals surface area contributed by atoms with E-state index < -0.39 is 0 Å². The average molecular weight is 246 g/mol. The van der Waals surface area contributed by atoms with Gasteiger partial charge in [-0.15, -0.1) is 0 Å². The molecule has 1 heterocycles. The van der Waals surface area contributed by atoms with E-state index in [1.54, 1.807) is 0 Å². The molecule has 0 aliphatic heterocycles. The molecule has 98 valence electrons. The minimum absolute atomic E-state index is 0.461. The first kappa shape index (κ1) is 12.1. The van der Waals surface area contributed by atoms with Crippen molar-refractivity contribution >= 4 is 0 Å². The normalized spacial score (nSPS) is 30.6. The topological polar surface area (TPSA) is 34.1 Å². The molecule has 1 unspecified atom stereocenters. The summed E-state index contributed by atoms with van der Waals surface area (Å²) in [7, 11) is 0. The number of aryl methyl sites for hydroxylation is 1. The van der Waals surface area contributed by atoms with E-state index in [0.29, 0.717) is 18.2 Å². The SMILES string of the molecule is CCOC1CC(NC2CCCc3cccnc32)C1. The minimum Gasteiger partial charge on any atom is -0.378 e. The molecule has 0 bridgehead atoms. The van der Waals surface area contributed by atoms with Gasteiger partial charge < -0.3 is 10.1 Å². The number of nitrogens with zero attached hydrogens (tertiary/aromatic N) is 1. The molecule has 1 aromatic rings. The summed E-state index contributed by atoms with van der Waals surface area (Å²) >= 11 is 0. The Morgan fingerprint density at radius 1 is 1.44 bits per heavy atom. The average Bonchev–Trinajstić information content (AvgIpc) is 2.37. The van der Waals surface area contributed by atoms with Crippen LogP contribution >= 0.6 is 0 Å². The minimum atomic E-state index is 0.461. The first-order valence-corrected chi connectivity index (χ1v) is 7.18. The van der Waals surface area contributed by atoms with Crippen molar-refractivity contribution < 1.29 is 4.74 Å². The summed E-state index contributed by atoms with van der Waals surface area (Å²) in [6, 6.07) is 5.36. The Balaban J connectivity index is 1.59. The molecule has 1 saturated carbocycles. The third kappa shape index (κ3) is 2.43. The highest BCUT2D eigenvalue weighted by Gasteiger charge is 2.32. The van der Waals surface area contributed by atoms with Crippen LogP contribution in [-0.2, 0) is 11.2 Å². The van der Waals surface area contributed by atoms with E-state index in [1.807, 2.05) is 6.20 Å². The molecule has 0 radical (unpaired) electrons. The molecule has 18 heavy (non-hydrogen) atoms. The maximum Gasteiger partial charge on any atom is 0.0605 e. The van der Waals surface area contributed by atoms with Crippen molar-refractivity contribution in [2.45, 2.75) is 57.2 Å². The van der Waals surface area contributed by atoms with Crippen LogP contribution in [0.25, 0.3) is 0 Å². The Labute approximate surface area is 109 Å². The molecule has 3 nitrogen and oxygen atoms in total. The zero-order chi connectivity index (χ0) is 12.4. The highest BCUT2D eigenvalue weighted by atomic mass is 16.5. The van der Waals surface area contributed by atoms with Crippen molar-refractivity contribution in [3.8, 4) is 0 Å². The van der Waals surface area contributed by atoms with Gasteiger partial charge in [-0.2, -0.15) is 0 Å². The van der Waals surface area contributed by atoms with Crippen molar-refractivity contribution in [2.75, 3.05) is 6.61 Å². The molecular weight excluding hydrogens is 224 g/mol. The van der Waals surface area contributed by atoms with Crippen molar-refractivity contribution in [1.29, 1.82) is 0 Å². The van der Waals surface area contributed by atoms with Gasteiger partial charge in [0.05, 0.1) is 11.8 Å². The smallest absolute Gasteiger partial charge is 0.0605 e. The largest absolute Gasteiger partial charge is 0.378 e. The lowest BCUT2D eigenvalue weighted by molar-refractivity contribution is -0.0130. The molecule has 3 heteroatoms. The van der Waals surface area contributed by atoms with Gasteiger partial charge in [0.1, 0.15) is 0 Å². The number of pyridine rings is 1. The van der Waals surface area contributed by atoms with Crippen LogP contribution in [0, 0.1) is 0 Å². The standard InChI is InChI=1S/C15H22N2O/c1-2-18-13-9-12(10-13)17-14-7-3-5-11-6-4-8-16-15(11)14/h4,6,8,12-14,17H,2-3,5,7,9-10H2,1H3.